The number of carbonyl (C=O) groups is 2. The highest BCUT2D eigenvalue weighted by molar-refractivity contribution is 6.46. The van der Waals surface area contributed by atoms with E-state index < -0.39 is 11.8 Å². The third-order valence-corrected chi connectivity index (χ3v) is 5.75. The van der Waals surface area contributed by atoms with Crippen LogP contribution < -0.4 is 15.0 Å². The Labute approximate surface area is 192 Å². The molecule has 164 valence electrons. The van der Waals surface area contributed by atoms with E-state index in [2.05, 4.69) is 5.32 Å². The first-order valence-electron chi connectivity index (χ1n) is 10.5. The molecule has 0 saturated carbocycles. The zero-order chi connectivity index (χ0) is 23.7. The van der Waals surface area contributed by atoms with Gasteiger partial charge in [-0.2, -0.15) is 5.26 Å². The Morgan fingerprint density at radius 1 is 0.879 bits per heavy atom. The van der Waals surface area contributed by atoms with Crippen molar-refractivity contribution < 1.29 is 14.3 Å². The third kappa shape index (κ3) is 3.97. The number of nitrogens with one attached hydrogen (secondary N) is 1. The van der Waals surface area contributed by atoms with Crippen LogP contribution in [0.15, 0.2) is 66.4 Å². The number of rotatable bonds is 5. The molecular formula is C27H23N3O3. The number of nitrogens with zero attached hydrogens (tertiary/aromatic N) is 2. The number of imide groups is 1. The maximum absolute atomic E-state index is 13.6. The third-order valence-electron chi connectivity index (χ3n) is 5.75. The fourth-order valence-corrected chi connectivity index (χ4v) is 3.78. The Balaban J connectivity index is 1.86. The molecule has 1 aliphatic rings. The van der Waals surface area contributed by atoms with Gasteiger partial charge in [-0.25, -0.2) is 4.90 Å². The second-order valence-corrected chi connectivity index (χ2v) is 7.98. The molecule has 1 N–H and O–H groups in total. The summed E-state index contributed by atoms with van der Waals surface area (Å²) in [7, 11) is 1.55. The van der Waals surface area contributed by atoms with E-state index in [1.165, 1.54) is 0 Å². The van der Waals surface area contributed by atoms with Crippen molar-refractivity contribution in [2.45, 2.75) is 20.8 Å². The molecule has 6 nitrogen and oxygen atoms in total. The number of anilines is 2. The van der Waals surface area contributed by atoms with E-state index in [9.17, 15) is 9.59 Å². The van der Waals surface area contributed by atoms with Gasteiger partial charge < -0.3 is 10.1 Å². The van der Waals surface area contributed by atoms with Gasteiger partial charge in [0, 0.05) is 0 Å². The summed E-state index contributed by atoms with van der Waals surface area (Å²) in [6, 6.07) is 19.7. The van der Waals surface area contributed by atoms with Crippen molar-refractivity contribution in [2.75, 3.05) is 17.3 Å². The van der Waals surface area contributed by atoms with E-state index in [0.29, 0.717) is 28.3 Å². The van der Waals surface area contributed by atoms with Gasteiger partial charge in [-0.3, -0.25) is 9.59 Å². The highest BCUT2D eigenvalue weighted by Gasteiger charge is 2.40. The smallest absolute Gasteiger partial charge is 0.282 e. The summed E-state index contributed by atoms with van der Waals surface area (Å²) < 4.78 is 5.46. The van der Waals surface area contributed by atoms with E-state index in [0.717, 1.165) is 21.6 Å². The zero-order valence-electron chi connectivity index (χ0n) is 18.9. The summed E-state index contributed by atoms with van der Waals surface area (Å²) in [6.07, 6.45) is 0. The molecule has 2 amide bonds. The minimum atomic E-state index is -0.471. The van der Waals surface area contributed by atoms with Crippen LogP contribution in [0.5, 0.6) is 5.75 Å². The Hall–Kier alpha value is -4.37. The topological polar surface area (TPSA) is 82.4 Å². The fraction of sp³-hybridized carbons (Fsp3) is 0.148. The Morgan fingerprint density at radius 2 is 1.61 bits per heavy atom. The van der Waals surface area contributed by atoms with Crippen LogP contribution in [0.2, 0.25) is 0 Å². The molecule has 3 aromatic rings. The number of carbonyl (C=O) groups excluding carboxylic acids is 2. The van der Waals surface area contributed by atoms with Crippen molar-refractivity contribution >= 4 is 28.8 Å². The lowest BCUT2D eigenvalue weighted by Gasteiger charge is -2.16. The first kappa shape index (κ1) is 21.8. The largest absolute Gasteiger partial charge is 0.495 e. The van der Waals surface area contributed by atoms with Crippen molar-refractivity contribution in [3.63, 3.8) is 0 Å². The van der Waals surface area contributed by atoms with Gasteiger partial charge in [-0.1, -0.05) is 24.3 Å². The minimum absolute atomic E-state index is 0.177. The fourth-order valence-electron chi connectivity index (χ4n) is 3.78. The van der Waals surface area contributed by atoms with Gasteiger partial charge in [0.1, 0.15) is 11.4 Å². The summed E-state index contributed by atoms with van der Waals surface area (Å²) in [5.74, 6) is -0.340. The van der Waals surface area contributed by atoms with Gasteiger partial charge >= 0.3 is 0 Å². The monoisotopic (exact) mass is 437 g/mol. The van der Waals surface area contributed by atoms with E-state index in [4.69, 9.17) is 10.00 Å². The van der Waals surface area contributed by atoms with Crippen molar-refractivity contribution in [2.24, 2.45) is 0 Å². The number of methoxy groups -OCH3 is 1. The van der Waals surface area contributed by atoms with Crippen molar-refractivity contribution in [1.29, 1.82) is 5.26 Å². The number of hydrogen-bond donors (Lipinski definition) is 1. The summed E-state index contributed by atoms with van der Waals surface area (Å²) in [5, 5.41) is 12.3. The summed E-state index contributed by atoms with van der Waals surface area (Å²) in [4.78, 5) is 28.3. The molecule has 0 radical (unpaired) electrons. The highest BCUT2D eigenvalue weighted by Crippen LogP contribution is 2.36. The van der Waals surface area contributed by atoms with Gasteiger partial charge in [0.25, 0.3) is 11.8 Å². The van der Waals surface area contributed by atoms with Gasteiger partial charge in [-0.15, -0.1) is 0 Å². The molecule has 0 spiro atoms. The lowest BCUT2D eigenvalue weighted by Crippen LogP contribution is -2.32. The summed E-state index contributed by atoms with van der Waals surface area (Å²) in [6.45, 7) is 5.90. The van der Waals surface area contributed by atoms with E-state index in [-0.39, 0.29) is 11.3 Å². The van der Waals surface area contributed by atoms with Crippen LogP contribution >= 0.6 is 0 Å². The Kier molecular flexibility index (Phi) is 5.72. The molecule has 1 aliphatic heterocycles. The van der Waals surface area contributed by atoms with Crippen LogP contribution in [0.4, 0.5) is 11.4 Å². The van der Waals surface area contributed by atoms with Gasteiger partial charge in [0.05, 0.1) is 35.7 Å². The second-order valence-electron chi connectivity index (χ2n) is 7.98. The molecule has 1 heterocycles. The molecule has 0 fully saturated rings. The van der Waals surface area contributed by atoms with Crippen molar-refractivity contribution in [3.8, 4) is 11.8 Å². The standard InChI is InChI=1S/C27H23N3O3/c1-16-5-12-23(33-4)22(13-16)29-25-24(20-9-6-17(2)18(3)14-20)26(31)30(27(25)32)21-10-7-19(15-28)8-11-21/h5-14,29H,1-4H3. The minimum Gasteiger partial charge on any atom is -0.495 e. The van der Waals surface area contributed by atoms with Crippen LogP contribution in [-0.2, 0) is 9.59 Å². The van der Waals surface area contributed by atoms with Crippen molar-refractivity contribution in [1.82, 2.24) is 0 Å². The maximum Gasteiger partial charge on any atom is 0.282 e. The van der Waals surface area contributed by atoms with Crippen LogP contribution in [-0.4, -0.2) is 18.9 Å². The lowest BCUT2D eigenvalue weighted by molar-refractivity contribution is -0.120. The molecule has 33 heavy (non-hydrogen) atoms. The maximum atomic E-state index is 13.6. The first-order chi connectivity index (χ1) is 15.8. The molecule has 0 atom stereocenters. The lowest BCUT2D eigenvalue weighted by atomic mass is 9.99. The Morgan fingerprint density at radius 3 is 2.24 bits per heavy atom. The molecule has 0 aliphatic carbocycles. The van der Waals surface area contributed by atoms with E-state index in [1.54, 1.807) is 31.4 Å². The SMILES string of the molecule is COc1ccc(C)cc1NC1=C(c2ccc(C)c(C)c2)C(=O)N(c2ccc(C#N)cc2)C1=O. The van der Waals surface area contributed by atoms with Crippen molar-refractivity contribution in [3.05, 3.63) is 94.2 Å². The quantitative estimate of drug-likeness (QED) is 0.575. The predicted octanol–water partition coefficient (Wildman–Crippen LogP) is 4.89. The number of aryl methyl sites for hydroxylation is 3. The number of nitriles is 1. The molecule has 4 rings (SSSR count). The average molecular weight is 437 g/mol. The second kappa shape index (κ2) is 8.64. The Bertz CT molecular complexity index is 1350. The zero-order valence-corrected chi connectivity index (χ0v) is 18.9. The number of amides is 2. The predicted molar refractivity (Wildman–Crippen MR) is 128 cm³/mol. The molecule has 6 heteroatoms. The summed E-state index contributed by atoms with van der Waals surface area (Å²) in [5.41, 5.74) is 5.65. The number of ether oxygens (including phenoxy) is 1. The van der Waals surface area contributed by atoms with Crippen LogP contribution in [0.3, 0.4) is 0 Å². The molecule has 0 aromatic heterocycles. The summed E-state index contributed by atoms with van der Waals surface area (Å²) >= 11 is 0. The molecule has 0 bridgehead atoms. The van der Waals surface area contributed by atoms with Gasteiger partial charge in [0.15, 0.2) is 0 Å². The van der Waals surface area contributed by atoms with Crippen LogP contribution in [0.1, 0.15) is 27.8 Å². The normalized spacial score (nSPS) is 13.4. The highest BCUT2D eigenvalue weighted by atomic mass is 16.5. The molecule has 0 saturated heterocycles. The van der Waals surface area contributed by atoms with Gasteiger partial charge in [0.2, 0.25) is 0 Å². The molecular weight excluding hydrogens is 414 g/mol. The first-order valence-corrected chi connectivity index (χ1v) is 10.5. The molecule has 0 unspecified atom stereocenters. The van der Waals surface area contributed by atoms with Crippen LogP contribution in [0.25, 0.3) is 5.57 Å². The van der Waals surface area contributed by atoms with E-state index in [1.807, 2.05) is 63.2 Å². The number of hydrogen-bond acceptors (Lipinski definition) is 5. The molecule has 3 aromatic carbocycles. The van der Waals surface area contributed by atoms with Crippen LogP contribution in [0, 0.1) is 32.1 Å². The number of benzene rings is 3. The average Bonchev–Trinajstić information content (AvgIpc) is 3.05. The van der Waals surface area contributed by atoms with Gasteiger partial charge in [-0.05, 0) is 79.4 Å². The van der Waals surface area contributed by atoms with E-state index >= 15 is 0 Å².